The Morgan fingerprint density at radius 1 is 1.03 bits per heavy atom. The standard InChI is InChI=1S/C31H37FO.C2H6.CH4/c1-8-10-12-28(21(3)4)31(30-23(6)14-15-25(11-9-2)24(30)7)27(20-33)17-16-26-19-22(5)13-18-29(26)32;1-2;/h8,10,12-15,18-20H,3,9,11,16-17H2,1-2,4-7H3;1-2H3;1H4/b10-8-,28-12+,31-27+;;. The number of aryl methyl sites for hydroxylation is 4. The van der Waals surface area contributed by atoms with Crippen molar-refractivity contribution in [3.8, 4) is 0 Å². The summed E-state index contributed by atoms with van der Waals surface area (Å²) in [6, 6.07) is 9.47. The summed E-state index contributed by atoms with van der Waals surface area (Å²) in [5.41, 5.74) is 9.77. The maximum Gasteiger partial charge on any atom is 0.146 e. The Bertz CT molecular complexity index is 1110. The maximum atomic E-state index is 14.4. The molecule has 0 unspecified atom stereocenters. The SMILES string of the molecule is C.C=C(C)C(=C\C=C/C)/C(=C(\C=O)CCc1cc(C)ccc1F)c1c(C)ccc(CCC)c1C.CC. The zero-order valence-electron chi connectivity index (χ0n) is 23.0. The number of carbonyl (C=O) groups is 1. The van der Waals surface area contributed by atoms with Gasteiger partial charge < -0.3 is 0 Å². The highest BCUT2D eigenvalue weighted by atomic mass is 19.1. The lowest BCUT2D eigenvalue weighted by Crippen LogP contribution is -2.06. The molecule has 0 aliphatic rings. The van der Waals surface area contributed by atoms with Gasteiger partial charge in [-0.25, -0.2) is 4.39 Å². The summed E-state index contributed by atoms with van der Waals surface area (Å²) in [6.45, 7) is 20.5. The minimum absolute atomic E-state index is 0. The van der Waals surface area contributed by atoms with E-state index in [9.17, 15) is 9.18 Å². The third-order valence-corrected chi connectivity index (χ3v) is 6.07. The van der Waals surface area contributed by atoms with Gasteiger partial charge in [0, 0.05) is 5.57 Å². The van der Waals surface area contributed by atoms with E-state index in [1.807, 2.05) is 58.9 Å². The van der Waals surface area contributed by atoms with Crippen molar-refractivity contribution in [2.75, 3.05) is 0 Å². The topological polar surface area (TPSA) is 17.1 Å². The van der Waals surface area contributed by atoms with E-state index >= 15 is 0 Å². The number of allylic oxidation sites excluding steroid dienone is 7. The predicted molar refractivity (Wildman–Crippen MR) is 158 cm³/mol. The molecule has 0 aliphatic carbocycles. The largest absolute Gasteiger partial charge is 0.298 e. The normalized spacial score (nSPS) is 11.9. The molecule has 0 fully saturated rings. The van der Waals surface area contributed by atoms with Crippen LogP contribution in [0.3, 0.4) is 0 Å². The molecule has 0 N–H and O–H groups in total. The highest BCUT2D eigenvalue weighted by molar-refractivity contribution is 5.98. The van der Waals surface area contributed by atoms with Gasteiger partial charge in [0.25, 0.3) is 0 Å². The molecule has 1 nitrogen and oxygen atoms in total. The van der Waals surface area contributed by atoms with E-state index in [0.717, 1.165) is 52.5 Å². The Kier molecular flexibility index (Phi) is 15.2. The number of aldehydes is 1. The Hall–Kier alpha value is -3.00. The second kappa shape index (κ2) is 16.6. The summed E-state index contributed by atoms with van der Waals surface area (Å²) >= 11 is 0. The number of rotatable bonds is 10. The summed E-state index contributed by atoms with van der Waals surface area (Å²) < 4.78 is 14.4. The van der Waals surface area contributed by atoms with Crippen molar-refractivity contribution in [2.24, 2.45) is 0 Å². The summed E-state index contributed by atoms with van der Waals surface area (Å²) in [5.74, 6) is -0.228. The zero-order chi connectivity index (χ0) is 26.5. The number of benzene rings is 2. The lowest BCUT2D eigenvalue weighted by molar-refractivity contribution is -0.105. The van der Waals surface area contributed by atoms with Gasteiger partial charge in [-0.3, -0.25) is 4.79 Å². The molecule has 0 amide bonds. The highest BCUT2D eigenvalue weighted by Crippen LogP contribution is 2.37. The van der Waals surface area contributed by atoms with Gasteiger partial charge in [-0.05, 0) is 98.9 Å². The predicted octanol–water partition coefficient (Wildman–Crippen LogP) is 10.0. The van der Waals surface area contributed by atoms with E-state index in [0.29, 0.717) is 24.0 Å². The van der Waals surface area contributed by atoms with Crippen molar-refractivity contribution < 1.29 is 9.18 Å². The average molecular weight is 491 g/mol. The molecular weight excluding hydrogens is 443 g/mol. The van der Waals surface area contributed by atoms with Crippen LogP contribution in [0.2, 0.25) is 0 Å². The first-order valence-electron chi connectivity index (χ1n) is 12.8. The van der Waals surface area contributed by atoms with Crippen LogP contribution in [0.5, 0.6) is 0 Å². The molecular formula is C34H47FO. The second-order valence-electron chi connectivity index (χ2n) is 8.79. The fourth-order valence-electron chi connectivity index (χ4n) is 4.32. The van der Waals surface area contributed by atoms with Crippen LogP contribution in [-0.2, 0) is 17.6 Å². The first kappa shape index (κ1) is 33.0. The molecule has 0 aliphatic heterocycles. The van der Waals surface area contributed by atoms with Crippen molar-refractivity contribution in [1.82, 2.24) is 0 Å². The molecule has 0 radical (unpaired) electrons. The van der Waals surface area contributed by atoms with Crippen LogP contribution in [0.1, 0.15) is 88.3 Å². The monoisotopic (exact) mass is 490 g/mol. The van der Waals surface area contributed by atoms with Gasteiger partial charge in [0.1, 0.15) is 12.1 Å². The van der Waals surface area contributed by atoms with Crippen LogP contribution in [0.15, 0.2) is 71.9 Å². The van der Waals surface area contributed by atoms with Crippen molar-refractivity contribution in [3.63, 3.8) is 0 Å². The van der Waals surface area contributed by atoms with Gasteiger partial charge in [-0.2, -0.15) is 0 Å². The molecule has 2 aromatic carbocycles. The molecule has 2 heteroatoms. The molecule has 2 rings (SSSR count). The molecule has 0 saturated heterocycles. The van der Waals surface area contributed by atoms with Gasteiger partial charge in [0.05, 0.1) is 0 Å². The van der Waals surface area contributed by atoms with E-state index < -0.39 is 0 Å². The van der Waals surface area contributed by atoms with Gasteiger partial charge in [-0.15, -0.1) is 0 Å². The number of halogens is 1. The highest BCUT2D eigenvalue weighted by Gasteiger charge is 2.20. The molecule has 196 valence electrons. The fraction of sp³-hybridized carbons (Fsp3) is 0.382. The van der Waals surface area contributed by atoms with Gasteiger partial charge in [0.2, 0.25) is 0 Å². The summed E-state index contributed by atoms with van der Waals surface area (Å²) in [5, 5.41) is 0. The van der Waals surface area contributed by atoms with Crippen molar-refractivity contribution in [1.29, 1.82) is 0 Å². The molecule has 0 saturated carbocycles. The minimum atomic E-state index is -0.228. The first-order chi connectivity index (χ1) is 16.7. The quantitative estimate of drug-likeness (QED) is 0.184. The lowest BCUT2D eigenvalue weighted by atomic mass is 9.81. The van der Waals surface area contributed by atoms with Gasteiger partial charge in [-0.1, -0.05) is 94.8 Å². The summed E-state index contributed by atoms with van der Waals surface area (Å²) in [6.07, 6.45) is 9.88. The lowest BCUT2D eigenvalue weighted by Gasteiger charge is -2.22. The van der Waals surface area contributed by atoms with Crippen molar-refractivity contribution in [2.45, 2.75) is 88.5 Å². The summed E-state index contributed by atoms with van der Waals surface area (Å²) in [4.78, 5) is 12.5. The molecule has 0 heterocycles. The Labute approximate surface area is 220 Å². The molecule has 0 spiro atoms. The Morgan fingerprint density at radius 2 is 1.69 bits per heavy atom. The van der Waals surface area contributed by atoms with Crippen LogP contribution in [0.4, 0.5) is 4.39 Å². The second-order valence-corrected chi connectivity index (χ2v) is 8.79. The van der Waals surface area contributed by atoms with E-state index in [2.05, 4.69) is 39.5 Å². The number of hydrogen-bond acceptors (Lipinski definition) is 1. The van der Waals surface area contributed by atoms with Gasteiger partial charge >= 0.3 is 0 Å². The van der Waals surface area contributed by atoms with Gasteiger partial charge in [0.15, 0.2) is 0 Å². The molecule has 36 heavy (non-hydrogen) atoms. The van der Waals surface area contributed by atoms with E-state index in [4.69, 9.17) is 0 Å². The first-order valence-corrected chi connectivity index (χ1v) is 12.8. The third-order valence-electron chi connectivity index (χ3n) is 6.07. The molecule has 0 atom stereocenters. The Morgan fingerprint density at radius 3 is 2.25 bits per heavy atom. The van der Waals surface area contributed by atoms with Crippen molar-refractivity contribution >= 4 is 11.9 Å². The van der Waals surface area contributed by atoms with Crippen molar-refractivity contribution in [3.05, 3.63) is 111 Å². The number of carbonyl (C=O) groups excluding carboxylic acids is 1. The van der Waals surface area contributed by atoms with Crippen LogP contribution >= 0.6 is 0 Å². The van der Waals surface area contributed by atoms with Crippen LogP contribution in [0.25, 0.3) is 5.57 Å². The average Bonchev–Trinajstić information content (AvgIpc) is 2.84. The molecule has 0 bridgehead atoms. The Balaban J connectivity index is 0.00000398. The maximum absolute atomic E-state index is 14.4. The molecule has 0 aromatic heterocycles. The van der Waals surface area contributed by atoms with E-state index in [-0.39, 0.29) is 13.2 Å². The smallest absolute Gasteiger partial charge is 0.146 e. The van der Waals surface area contributed by atoms with Crippen LogP contribution < -0.4 is 0 Å². The fourth-order valence-corrected chi connectivity index (χ4v) is 4.32. The zero-order valence-corrected chi connectivity index (χ0v) is 23.0. The minimum Gasteiger partial charge on any atom is -0.298 e. The molecule has 2 aromatic rings. The third kappa shape index (κ3) is 8.59. The number of hydrogen-bond donors (Lipinski definition) is 0. The van der Waals surface area contributed by atoms with E-state index in [1.54, 1.807) is 6.07 Å². The summed E-state index contributed by atoms with van der Waals surface area (Å²) in [7, 11) is 0. The van der Waals surface area contributed by atoms with Crippen LogP contribution in [-0.4, -0.2) is 6.29 Å². The van der Waals surface area contributed by atoms with Crippen LogP contribution in [0, 0.1) is 26.6 Å². The van der Waals surface area contributed by atoms with E-state index in [1.165, 1.54) is 17.2 Å².